The third kappa shape index (κ3) is 15.2. The highest BCUT2D eigenvalue weighted by atomic mass is 16.5. The highest BCUT2D eigenvalue weighted by Gasteiger charge is 2.14. The predicted molar refractivity (Wildman–Crippen MR) is 112 cm³/mol. The van der Waals surface area contributed by atoms with Crippen molar-refractivity contribution in [2.45, 2.75) is 104 Å². The van der Waals surface area contributed by atoms with Crippen LogP contribution in [0.15, 0.2) is 24.3 Å². The van der Waals surface area contributed by atoms with E-state index in [1.807, 2.05) is 0 Å². The molecule has 0 aromatic carbocycles. The number of esters is 2. The maximum Gasteiger partial charge on any atom is 0.333 e. The zero-order valence-electron chi connectivity index (χ0n) is 17.8. The second-order valence-electron chi connectivity index (χ2n) is 7.48. The van der Waals surface area contributed by atoms with E-state index in [1.165, 1.54) is 19.3 Å². The third-order valence-electron chi connectivity index (χ3n) is 4.50. The molecule has 0 radical (unpaired) electrons. The molecule has 0 amide bonds. The Morgan fingerprint density at radius 3 is 1.74 bits per heavy atom. The molecule has 0 fully saturated rings. The van der Waals surface area contributed by atoms with Gasteiger partial charge >= 0.3 is 11.9 Å². The van der Waals surface area contributed by atoms with Crippen LogP contribution in [0, 0.1) is 0 Å². The van der Waals surface area contributed by atoms with Gasteiger partial charge in [0.05, 0.1) is 6.61 Å². The van der Waals surface area contributed by atoms with Crippen molar-refractivity contribution in [1.29, 1.82) is 0 Å². The predicted octanol–water partition coefficient (Wildman–Crippen LogP) is 6.29. The highest BCUT2D eigenvalue weighted by molar-refractivity contribution is 5.87. The number of unbranched alkanes of at least 4 members (excludes halogenated alkanes) is 8. The third-order valence-corrected chi connectivity index (χ3v) is 4.50. The van der Waals surface area contributed by atoms with Crippen LogP contribution >= 0.6 is 0 Å². The van der Waals surface area contributed by atoms with E-state index in [0.29, 0.717) is 17.8 Å². The second-order valence-corrected chi connectivity index (χ2v) is 7.48. The highest BCUT2D eigenvalue weighted by Crippen LogP contribution is 2.17. The quantitative estimate of drug-likeness (QED) is 0.169. The average Bonchev–Trinajstić information content (AvgIpc) is 2.62. The molecule has 0 aliphatic heterocycles. The molecule has 4 heteroatoms. The molecule has 0 saturated heterocycles. The van der Waals surface area contributed by atoms with Crippen molar-refractivity contribution < 1.29 is 19.1 Å². The molecule has 0 N–H and O–H groups in total. The lowest BCUT2D eigenvalue weighted by Gasteiger charge is -2.18. The largest absolute Gasteiger partial charge is 0.462 e. The van der Waals surface area contributed by atoms with Gasteiger partial charge in [0.15, 0.2) is 0 Å². The minimum Gasteiger partial charge on any atom is -0.462 e. The van der Waals surface area contributed by atoms with Crippen LogP contribution < -0.4 is 0 Å². The standard InChI is InChI=1S/C23H40O4/c1-6-7-8-13-16-21(27-23(25)20(4)5)17-14-11-9-10-12-15-18-26-22(24)19(2)3/h21H,2,4,6-18H2,1,3,5H3. The van der Waals surface area contributed by atoms with Crippen LogP contribution in [0.4, 0.5) is 0 Å². The van der Waals surface area contributed by atoms with Gasteiger partial charge in [-0.15, -0.1) is 0 Å². The Hall–Kier alpha value is -1.58. The van der Waals surface area contributed by atoms with E-state index in [9.17, 15) is 9.59 Å². The van der Waals surface area contributed by atoms with Crippen molar-refractivity contribution in [3.05, 3.63) is 24.3 Å². The minimum atomic E-state index is -0.302. The van der Waals surface area contributed by atoms with Gasteiger partial charge in [0.2, 0.25) is 0 Å². The number of hydrogen-bond acceptors (Lipinski definition) is 4. The molecule has 0 aromatic rings. The van der Waals surface area contributed by atoms with E-state index in [4.69, 9.17) is 9.47 Å². The molecule has 0 heterocycles. The fourth-order valence-corrected chi connectivity index (χ4v) is 2.78. The van der Waals surface area contributed by atoms with Crippen molar-refractivity contribution in [2.24, 2.45) is 0 Å². The van der Waals surface area contributed by atoms with Crippen LogP contribution in [0.1, 0.15) is 97.8 Å². The summed E-state index contributed by atoms with van der Waals surface area (Å²) < 4.78 is 10.7. The Morgan fingerprint density at radius 1 is 0.741 bits per heavy atom. The lowest BCUT2D eigenvalue weighted by Crippen LogP contribution is -2.18. The maximum absolute atomic E-state index is 11.8. The summed E-state index contributed by atoms with van der Waals surface area (Å²) in [5, 5.41) is 0. The fraction of sp³-hybridized carbons (Fsp3) is 0.739. The van der Waals surface area contributed by atoms with Gasteiger partial charge in [-0.2, -0.15) is 0 Å². The molecular weight excluding hydrogens is 340 g/mol. The molecule has 0 spiro atoms. The second kappa shape index (κ2) is 16.6. The summed E-state index contributed by atoms with van der Waals surface area (Å²) >= 11 is 0. The van der Waals surface area contributed by atoms with E-state index in [1.54, 1.807) is 13.8 Å². The molecule has 4 nitrogen and oxygen atoms in total. The smallest absolute Gasteiger partial charge is 0.333 e. The van der Waals surface area contributed by atoms with Gasteiger partial charge < -0.3 is 9.47 Å². The number of carbonyl (C=O) groups is 2. The molecule has 0 aliphatic rings. The molecular formula is C23H40O4. The first kappa shape index (κ1) is 25.4. The van der Waals surface area contributed by atoms with Crippen molar-refractivity contribution in [1.82, 2.24) is 0 Å². The summed E-state index contributed by atoms with van der Waals surface area (Å²) in [5.74, 6) is -0.566. The summed E-state index contributed by atoms with van der Waals surface area (Å²) in [6, 6.07) is 0. The molecule has 0 rings (SSSR count). The molecule has 1 unspecified atom stereocenters. The zero-order valence-corrected chi connectivity index (χ0v) is 17.8. The first-order valence-corrected chi connectivity index (χ1v) is 10.6. The van der Waals surface area contributed by atoms with E-state index in [2.05, 4.69) is 20.1 Å². The topological polar surface area (TPSA) is 52.6 Å². The van der Waals surface area contributed by atoms with Gasteiger partial charge in [-0.05, 0) is 46.0 Å². The van der Waals surface area contributed by atoms with Gasteiger partial charge in [-0.25, -0.2) is 9.59 Å². The fourth-order valence-electron chi connectivity index (χ4n) is 2.78. The van der Waals surface area contributed by atoms with Crippen LogP contribution in [0.2, 0.25) is 0 Å². The lowest BCUT2D eigenvalue weighted by atomic mass is 10.0. The molecule has 0 aromatic heterocycles. The van der Waals surface area contributed by atoms with Crippen LogP contribution in [0.3, 0.4) is 0 Å². The SMILES string of the molecule is C=C(C)C(=O)OCCCCCCCCC(CCCCCC)OC(=O)C(=C)C. The molecule has 0 saturated carbocycles. The monoisotopic (exact) mass is 380 g/mol. The molecule has 0 aliphatic carbocycles. The lowest BCUT2D eigenvalue weighted by molar-refractivity contribution is -0.145. The Bertz CT molecular complexity index is 453. The summed E-state index contributed by atoms with van der Waals surface area (Å²) in [5.41, 5.74) is 0.924. The summed E-state index contributed by atoms with van der Waals surface area (Å²) in [6.07, 6.45) is 13.1. The van der Waals surface area contributed by atoms with Crippen LogP contribution in [-0.2, 0) is 19.1 Å². The number of ether oxygens (including phenoxy) is 2. The van der Waals surface area contributed by atoms with Crippen molar-refractivity contribution in [2.75, 3.05) is 6.61 Å². The summed E-state index contributed by atoms with van der Waals surface area (Å²) in [6.45, 7) is 13.3. The van der Waals surface area contributed by atoms with E-state index in [0.717, 1.165) is 57.8 Å². The Balaban J connectivity index is 3.84. The molecule has 0 bridgehead atoms. The number of rotatable bonds is 17. The Labute approximate surface area is 166 Å². The van der Waals surface area contributed by atoms with Crippen LogP contribution in [0.5, 0.6) is 0 Å². The van der Waals surface area contributed by atoms with Gasteiger partial charge in [0.1, 0.15) is 6.10 Å². The number of carbonyl (C=O) groups excluding carboxylic acids is 2. The molecule has 27 heavy (non-hydrogen) atoms. The van der Waals surface area contributed by atoms with Gasteiger partial charge in [0, 0.05) is 11.1 Å². The summed E-state index contributed by atoms with van der Waals surface area (Å²) in [4.78, 5) is 23.1. The van der Waals surface area contributed by atoms with E-state index in [-0.39, 0.29) is 18.0 Å². The minimum absolute atomic E-state index is 0.0209. The normalized spacial score (nSPS) is 11.7. The average molecular weight is 381 g/mol. The van der Waals surface area contributed by atoms with E-state index < -0.39 is 0 Å². The zero-order chi connectivity index (χ0) is 20.5. The molecule has 156 valence electrons. The van der Waals surface area contributed by atoms with Crippen molar-refractivity contribution >= 4 is 11.9 Å². The first-order valence-electron chi connectivity index (χ1n) is 10.6. The molecule has 1 atom stereocenters. The van der Waals surface area contributed by atoms with Crippen molar-refractivity contribution in [3.63, 3.8) is 0 Å². The van der Waals surface area contributed by atoms with Gasteiger partial charge in [-0.3, -0.25) is 0 Å². The van der Waals surface area contributed by atoms with Crippen LogP contribution in [0.25, 0.3) is 0 Å². The first-order chi connectivity index (χ1) is 12.9. The van der Waals surface area contributed by atoms with E-state index >= 15 is 0 Å². The van der Waals surface area contributed by atoms with Gasteiger partial charge in [-0.1, -0.05) is 65.0 Å². The maximum atomic E-state index is 11.8. The van der Waals surface area contributed by atoms with Gasteiger partial charge in [0.25, 0.3) is 0 Å². The Kier molecular flexibility index (Phi) is 15.6. The van der Waals surface area contributed by atoms with Crippen molar-refractivity contribution in [3.8, 4) is 0 Å². The number of hydrogen-bond donors (Lipinski definition) is 0. The Morgan fingerprint density at radius 2 is 1.22 bits per heavy atom. The summed E-state index contributed by atoms with van der Waals surface area (Å²) in [7, 11) is 0. The van der Waals surface area contributed by atoms with Crippen LogP contribution in [-0.4, -0.2) is 24.6 Å².